The van der Waals surface area contributed by atoms with E-state index < -0.39 is 0 Å². The van der Waals surface area contributed by atoms with Gasteiger partial charge in [-0.1, -0.05) is 30.3 Å². The molecule has 0 N–H and O–H groups in total. The third-order valence-electron chi connectivity index (χ3n) is 2.83. The van der Waals surface area contributed by atoms with Crippen molar-refractivity contribution in [1.82, 2.24) is 4.98 Å². The second-order valence-corrected chi connectivity index (χ2v) is 3.99. The molecular weight excluding hydrogens is 208 g/mol. The predicted octanol–water partition coefficient (Wildman–Crippen LogP) is 3.32. The van der Waals surface area contributed by atoms with Gasteiger partial charge in [0.2, 0.25) is 0 Å². The first-order chi connectivity index (χ1) is 8.40. The third-order valence-corrected chi connectivity index (χ3v) is 2.83. The lowest BCUT2D eigenvalue weighted by Crippen LogP contribution is -1.98. The van der Waals surface area contributed by atoms with Crippen LogP contribution in [0.25, 0.3) is 0 Å². The number of rotatable bonds is 4. The van der Waals surface area contributed by atoms with Gasteiger partial charge in [0.05, 0.1) is 12.0 Å². The molecule has 1 aromatic heterocycles. The highest BCUT2D eigenvalue weighted by molar-refractivity contribution is 5.23. The van der Waals surface area contributed by atoms with Gasteiger partial charge in [-0.05, 0) is 36.1 Å². The van der Waals surface area contributed by atoms with Crippen molar-refractivity contribution in [3.8, 4) is 6.07 Å². The van der Waals surface area contributed by atoms with Crippen LogP contribution in [0.15, 0.2) is 54.9 Å². The van der Waals surface area contributed by atoms with Gasteiger partial charge in [0.1, 0.15) is 0 Å². The van der Waals surface area contributed by atoms with Gasteiger partial charge in [0, 0.05) is 12.4 Å². The molecule has 0 radical (unpaired) electrons. The molecule has 0 aliphatic carbocycles. The van der Waals surface area contributed by atoms with Gasteiger partial charge < -0.3 is 0 Å². The molecule has 0 spiro atoms. The topological polar surface area (TPSA) is 36.7 Å². The van der Waals surface area contributed by atoms with E-state index in [0.29, 0.717) is 0 Å². The van der Waals surface area contributed by atoms with E-state index >= 15 is 0 Å². The van der Waals surface area contributed by atoms with Crippen molar-refractivity contribution in [2.45, 2.75) is 18.8 Å². The van der Waals surface area contributed by atoms with Crippen LogP contribution < -0.4 is 0 Å². The summed E-state index contributed by atoms with van der Waals surface area (Å²) in [5.41, 5.74) is 2.33. The average Bonchev–Trinajstić information content (AvgIpc) is 2.42. The molecule has 17 heavy (non-hydrogen) atoms. The van der Waals surface area contributed by atoms with E-state index in [-0.39, 0.29) is 5.92 Å². The molecule has 1 heterocycles. The van der Waals surface area contributed by atoms with E-state index in [0.717, 1.165) is 18.4 Å². The van der Waals surface area contributed by atoms with Gasteiger partial charge in [-0.2, -0.15) is 5.26 Å². The van der Waals surface area contributed by atoms with Crippen molar-refractivity contribution >= 4 is 0 Å². The molecule has 2 rings (SSSR count). The standard InChI is InChI=1S/C15H14N2/c16-12-15(14-8-10-17-11-9-14)7-6-13-4-2-1-3-5-13/h1-5,8-11,15H,6-7H2/t15-/m0/s1. The summed E-state index contributed by atoms with van der Waals surface area (Å²) in [6.45, 7) is 0. The molecule has 2 nitrogen and oxygen atoms in total. The number of nitriles is 1. The minimum absolute atomic E-state index is 0.0433. The van der Waals surface area contributed by atoms with Crippen LogP contribution in [0.3, 0.4) is 0 Å². The normalized spacial score (nSPS) is 11.7. The molecule has 84 valence electrons. The number of hydrogen-bond acceptors (Lipinski definition) is 2. The maximum Gasteiger partial charge on any atom is 0.0717 e. The largest absolute Gasteiger partial charge is 0.265 e. The fourth-order valence-corrected chi connectivity index (χ4v) is 1.86. The minimum Gasteiger partial charge on any atom is -0.265 e. The number of pyridine rings is 1. The molecule has 0 amide bonds. The van der Waals surface area contributed by atoms with Crippen LogP contribution in [-0.4, -0.2) is 4.98 Å². The molecule has 0 saturated heterocycles. The van der Waals surface area contributed by atoms with Crippen LogP contribution in [0.2, 0.25) is 0 Å². The molecular formula is C15H14N2. The van der Waals surface area contributed by atoms with Crippen molar-refractivity contribution in [2.75, 3.05) is 0 Å². The monoisotopic (exact) mass is 222 g/mol. The lowest BCUT2D eigenvalue weighted by atomic mass is 9.94. The number of aryl methyl sites for hydroxylation is 1. The number of hydrogen-bond donors (Lipinski definition) is 0. The second kappa shape index (κ2) is 5.81. The van der Waals surface area contributed by atoms with Crippen LogP contribution in [0.4, 0.5) is 0 Å². The quantitative estimate of drug-likeness (QED) is 0.795. The molecule has 1 atom stereocenters. The number of nitrogens with zero attached hydrogens (tertiary/aromatic N) is 2. The summed E-state index contributed by atoms with van der Waals surface area (Å²) >= 11 is 0. The number of benzene rings is 1. The fourth-order valence-electron chi connectivity index (χ4n) is 1.86. The molecule has 0 unspecified atom stereocenters. The molecule has 0 aliphatic rings. The first kappa shape index (κ1) is 11.3. The highest BCUT2D eigenvalue weighted by Crippen LogP contribution is 2.20. The molecule has 0 fully saturated rings. The van der Waals surface area contributed by atoms with E-state index in [4.69, 9.17) is 0 Å². The Morgan fingerprint density at radius 2 is 1.76 bits per heavy atom. The summed E-state index contributed by atoms with van der Waals surface area (Å²) in [6.07, 6.45) is 5.26. The summed E-state index contributed by atoms with van der Waals surface area (Å²) in [5.74, 6) is -0.0433. The molecule has 1 aromatic carbocycles. The van der Waals surface area contributed by atoms with Crippen LogP contribution in [0.1, 0.15) is 23.5 Å². The van der Waals surface area contributed by atoms with E-state index in [1.165, 1.54) is 5.56 Å². The summed E-state index contributed by atoms with van der Waals surface area (Å²) in [4.78, 5) is 3.97. The first-order valence-electron chi connectivity index (χ1n) is 5.73. The van der Waals surface area contributed by atoms with Crippen LogP contribution in [-0.2, 0) is 6.42 Å². The van der Waals surface area contributed by atoms with E-state index in [1.54, 1.807) is 12.4 Å². The summed E-state index contributed by atoms with van der Waals surface area (Å²) in [6, 6.07) is 16.5. The summed E-state index contributed by atoms with van der Waals surface area (Å²) in [5, 5.41) is 9.19. The third kappa shape index (κ3) is 3.15. The highest BCUT2D eigenvalue weighted by Gasteiger charge is 2.09. The first-order valence-corrected chi connectivity index (χ1v) is 5.73. The maximum atomic E-state index is 9.19. The Balaban J connectivity index is 2.01. The average molecular weight is 222 g/mol. The zero-order valence-electron chi connectivity index (χ0n) is 9.58. The number of aromatic nitrogens is 1. The van der Waals surface area contributed by atoms with E-state index in [1.807, 2.05) is 30.3 Å². The van der Waals surface area contributed by atoms with Gasteiger partial charge in [0.25, 0.3) is 0 Å². The summed E-state index contributed by atoms with van der Waals surface area (Å²) in [7, 11) is 0. The van der Waals surface area contributed by atoms with Gasteiger partial charge >= 0.3 is 0 Å². The van der Waals surface area contributed by atoms with Crippen molar-refractivity contribution in [2.24, 2.45) is 0 Å². The Kier molecular flexibility index (Phi) is 3.88. The SMILES string of the molecule is N#C[C@H](CCc1ccccc1)c1ccncc1. The van der Waals surface area contributed by atoms with Crippen molar-refractivity contribution in [1.29, 1.82) is 5.26 Å². The lowest BCUT2D eigenvalue weighted by Gasteiger charge is -2.08. The van der Waals surface area contributed by atoms with Crippen molar-refractivity contribution in [3.05, 3.63) is 66.0 Å². The van der Waals surface area contributed by atoms with Gasteiger partial charge in [-0.15, -0.1) is 0 Å². The zero-order valence-corrected chi connectivity index (χ0v) is 9.58. The molecule has 0 bridgehead atoms. The van der Waals surface area contributed by atoms with Gasteiger partial charge in [-0.25, -0.2) is 0 Å². The Bertz CT molecular complexity index is 485. The minimum atomic E-state index is -0.0433. The molecule has 0 aliphatic heterocycles. The molecule has 0 saturated carbocycles. The van der Waals surface area contributed by atoms with Gasteiger partial charge in [-0.3, -0.25) is 4.98 Å². The van der Waals surface area contributed by atoms with Crippen molar-refractivity contribution in [3.63, 3.8) is 0 Å². The zero-order chi connectivity index (χ0) is 11.9. The summed E-state index contributed by atoms with van der Waals surface area (Å²) < 4.78 is 0. The second-order valence-electron chi connectivity index (χ2n) is 3.99. The highest BCUT2D eigenvalue weighted by atomic mass is 14.6. The smallest absolute Gasteiger partial charge is 0.0717 e. The Morgan fingerprint density at radius 1 is 1.06 bits per heavy atom. The van der Waals surface area contributed by atoms with Crippen LogP contribution in [0.5, 0.6) is 0 Å². The van der Waals surface area contributed by atoms with E-state index in [9.17, 15) is 5.26 Å². The van der Waals surface area contributed by atoms with Crippen LogP contribution in [0, 0.1) is 11.3 Å². The predicted molar refractivity (Wildman–Crippen MR) is 67.4 cm³/mol. The maximum absolute atomic E-state index is 9.19. The molecule has 2 heteroatoms. The Morgan fingerprint density at radius 3 is 2.41 bits per heavy atom. The Labute approximate surface area is 102 Å². The molecule has 2 aromatic rings. The van der Waals surface area contributed by atoms with Crippen molar-refractivity contribution < 1.29 is 0 Å². The van der Waals surface area contributed by atoms with Crippen LogP contribution >= 0.6 is 0 Å². The van der Waals surface area contributed by atoms with Gasteiger partial charge in [0.15, 0.2) is 0 Å². The fraction of sp³-hybridized carbons (Fsp3) is 0.200. The van der Waals surface area contributed by atoms with E-state index in [2.05, 4.69) is 23.2 Å². The lowest BCUT2D eigenvalue weighted by molar-refractivity contribution is 0.745. The Hall–Kier alpha value is -2.14.